The van der Waals surface area contributed by atoms with Crippen LogP contribution in [-0.4, -0.2) is 45.0 Å². The minimum absolute atomic E-state index is 0.0627. The summed E-state index contributed by atoms with van der Waals surface area (Å²) in [6, 6.07) is 0.0627. The van der Waals surface area contributed by atoms with Crippen LogP contribution in [0, 0.1) is 0 Å². The van der Waals surface area contributed by atoms with E-state index < -0.39 is 0 Å². The van der Waals surface area contributed by atoms with E-state index in [4.69, 9.17) is 0 Å². The number of nitrogens with one attached hydrogen (secondary N) is 1. The van der Waals surface area contributed by atoms with Crippen molar-refractivity contribution >= 4 is 11.9 Å². The minimum atomic E-state index is -0.188. The molecule has 1 aliphatic rings. The van der Waals surface area contributed by atoms with Crippen LogP contribution in [0.15, 0.2) is 31.0 Å². The van der Waals surface area contributed by atoms with Gasteiger partial charge in [0.1, 0.15) is 5.69 Å². The first-order chi connectivity index (χ1) is 11.3. The van der Waals surface area contributed by atoms with Crippen molar-refractivity contribution in [3.8, 4) is 0 Å². The number of hydrogen-bond donors (Lipinski definition) is 1. The molecule has 1 fully saturated rings. The highest BCUT2D eigenvalue weighted by Crippen LogP contribution is 2.16. The van der Waals surface area contributed by atoms with E-state index in [2.05, 4.69) is 37.1 Å². The van der Waals surface area contributed by atoms with Crippen LogP contribution in [0.5, 0.6) is 0 Å². The molecule has 1 atom stereocenters. The zero-order valence-electron chi connectivity index (χ0n) is 13.1. The smallest absolute Gasteiger partial charge is 0.271 e. The summed E-state index contributed by atoms with van der Waals surface area (Å²) >= 11 is 0. The molecule has 1 N–H and O–H groups in total. The van der Waals surface area contributed by atoms with Crippen molar-refractivity contribution in [3.05, 3.63) is 42.2 Å². The van der Waals surface area contributed by atoms with E-state index >= 15 is 0 Å². The predicted molar refractivity (Wildman–Crippen MR) is 86.1 cm³/mol. The lowest BCUT2D eigenvalue weighted by molar-refractivity contribution is 0.0927. The van der Waals surface area contributed by atoms with Gasteiger partial charge in [-0.2, -0.15) is 0 Å². The minimum Gasteiger partial charge on any atom is -0.346 e. The summed E-state index contributed by atoms with van der Waals surface area (Å²) in [5.41, 5.74) is 1.46. The molecule has 0 saturated carbocycles. The lowest BCUT2D eigenvalue weighted by Gasteiger charge is -2.33. The van der Waals surface area contributed by atoms with Crippen molar-refractivity contribution < 1.29 is 4.79 Å². The molecule has 120 valence electrons. The monoisotopic (exact) mass is 312 g/mol. The Bertz CT molecular complexity index is 645. The van der Waals surface area contributed by atoms with Gasteiger partial charge in [0.05, 0.1) is 6.20 Å². The van der Waals surface area contributed by atoms with Crippen LogP contribution in [0.3, 0.4) is 0 Å². The fourth-order valence-electron chi connectivity index (χ4n) is 2.65. The van der Waals surface area contributed by atoms with Gasteiger partial charge in [0, 0.05) is 43.9 Å². The molecule has 7 nitrogen and oxygen atoms in total. The summed E-state index contributed by atoms with van der Waals surface area (Å²) in [7, 11) is 0. The van der Waals surface area contributed by atoms with E-state index in [9.17, 15) is 4.79 Å². The number of aromatic nitrogens is 4. The maximum Gasteiger partial charge on any atom is 0.271 e. The zero-order chi connectivity index (χ0) is 16.1. The van der Waals surface area contributed by atoms with Gasteiger partial charge in [0.2, 0.25) is 5.95 Å². The van der Waals surface area contributed by atoms with Crippen molar-refractivity contribution in [2.75, 3.05) is 18.0 Å². The Hall–Kier alpha value is -2.57. The third-order valence-corrected chi connectivity index (χ3v) is 3.94. The third-order valence-electron chi connectivity index (χ3n) is 3.94. The highest BCUT2D eigenvalue weighted by Gasteiger charge is 2.23. The average Bonchev–Trinajstić information content (AvgIpc) is 2.63. The lowest BCUT2D eigenvalue weighted by Crippen LogP contribution is -2.48. The summed E-state index contributed by atoms with van der Waals surface area (Å²) in [6.07, 6.45) is 11.1. The number of nitrogens with zero attached hydrogens (tertiary/aromatic N) is 5. The number of rotatable bonds is 4. The highest BCUT2D eigenvalue weighted by molar-refractivity contribution is 5.92. The molecule has 3 heterocycles. The topological polar surface area (TPSA) is 83.9 Å². The van der Waals surface area contributed by atoms with Crippen LogP contribution in [0.1, 0.15) is 35.8 Å². The van der Waals surface area contributed by atoms with Crippen molar-refractivity contribution in [1.82, 2.24) is 25.3 Å². The number of carbonyl (C=O) groups excluding carboxylic acids is 1. The molecule has 1 amide bonds. The van der Waals surface area contributed by atoms with Gasteiger partial charge in [0.15, 0.2) is 0 Å². The molecule has 7 heteroatoms. The summed E-state index contributed by atoms with van der Waals surface area (Å²) in [6.45, 7) is 3.69. The van der Waals surface area contributed by atoms with Gasteiger partial charge >= 0.3 is 0 Å². The third kappa shape index (κ3) is 3.80. The number of hydrogen-bond acceptors (Lipinski definition) is 6. The molecule has 0 radical (unpaired) electrons. The van der Waals surface area contributed by atoms with Crippen LogP contribution in [0.25, 0.3) is 0 Å². The number of piperidine rings is 1. The van der Waals surface area contributed by atoms with E-state index in [0.29, 0.717) is 12.2 Å². The van der Waals surface area contributed by atoms with Gasteiger partial charge in [-0.05, 0) is 24.8 Å². The normalized spacial score (nSPS) is 17.8. The Morgan fingerprint density at radius 2 is 2.09 bits per heavy atom. The molecule has 1 aliphatic heterocycles. The predicted octanol–water partition coefficient (Wildman–Crippen LogP) is 1.23. The van der Waals surface area contributed by atoms with Crippen molar-refractivity contribution in [2.45, 2.75) is 32.2 Å². The zero-order valence-corrected chi connectivity index (χ0v) is 13.1. The van der Waals surface area contributed by atoms with E-state index in [-0.39, 0.29) is 11.9 Å². The molecule has 0 aliphatic carbocycles. The first-order valence-electron chi connectivity index (χ1n) is 7.89. The van der Waals surface area contributed by atoms with E-state index in [1.807, 2.05) is 12.4 Å². The number of aryl methyl sites for hydroxylation is 1. The highest BCUT2D eigenvalue weighted by atomic mass is 16.2. The molecule has 1 unspecified atom stereocenters. The SMILES string of the molecule is CCc1cnc(N2CCCC(NC(=O)c3cnccn3)C2)nc1. The fourth-order valence-corrected chi connectivity index (χ4v) is 2.65. The van der Waals surface area contributed by atoms with Crippen LogP contribution in [0.4, 0.5) is 5.95 Å². The molecule has 0 spiro atoms. The standard InChI is InChI=1S/C16H20N6O/c1-2-12-8-19-16(20-9-12)22-7-3-4-13(11-22)21-15(23)14-10-17-5-6-18-14/h5-6,8-10,13H,2-4,7,11H2,1H3,(H,21,23). The molecule has 23 heavy (non-hydrogen) atoms. The Balaban J connectivity index is 1.62. The lowest BCUT2D eigenvalue weighted by atomic mass is 10.1. The van der Waals surface area contributed by atoms with Gasteiger partial charge in [0.25, 0.3) is 5.91 Å². The summed E-state index contributed by atoms with van der Waals surface area (Å²) < 4.78 is 0. The van der Waals surface area contributed by atoms with Crippen LogP contribution < -0.4 is 10.2 Å². The van der Waals surface area contributed by atoms with Gasteiger partial charge in [-0.1, -0.05) is 6.92 Å². The Morgan fingerprint density at radius 3 is 2.78 bits per heavy atom. The van der Waals surface area contributed by atoms with Crippen molar-refractivity contribution in [1.29, 1.82) is 0 Å². The van der Waals surface area contributed by atoms with E-state index in [1.54, 1.807) is 6.20 Å². The second-order valence-corrected chi connectivity index (χ2v) is 5.59. The quantitative estimate of drug-likeness (QED) is 0.914. The maximum absolute atomic E-state index is 12.2. The van der Waals surface area contributed by atoms with Crippen molar-refractivity contribution in [2.24, 2.45) is 0 Å². The number of amides is 1. The Kier molecular flexibility index (Phi) is 4.75. The second kappa shape index (κ2) is 7.13. The molecule has 2 aromatic heterocycles. The van der Waals surface area contributed by atoms with Gasteiger partial charge in [-0.25, -0.2) is 15.0 Å². The molecule has 2 aromatic rings. The summed E-state index contributed by atoms with van der Waals surface area (Å²) in [5.74, 6) is 0.535. The van der Waals surface area contributed by atoms with Gasteiger partial charge < -0.3 is 10.2 Å². The average molecular weight is 312 g/mol. The van der Waals surface area contributed by atoms with Crippen LogP contribution in [0.2, 0.25) is 0 Å². The molecule has 1 saturated heterocycles. The van der Waals surface area contributed by atoms with Crippen molar-refractivity contribution in [3.63, 3.8) is 0 Å². The van der Waals surface area contributed by atoms with E-state index in [0.717, 1.165) is 37.3 Å². The van der Waals surface area contributed by atoms with Gasteiger partial charge in [-0.15, -0.1) is 0 Å². The Morgan fingerprint density at radius 1 is 1.26 bits per heavy atom. The molecule has 0 aromatic carbocycles. The number of anilines is 1. The first-order valence-corrected chi connectivity index (χ1v) is 7.89. The molecule has 3 rings (SSSR count). The maximum atomic E-state index is 12.2. The largest absolute Gasteiger partial charge is 0.346 e. The van der Waals surface area contributed by atoms with Gasteiger partial charge in [-0.3, -0.25) is 9.78 Å². The van der Waals surface area contributed by atoms with Crippen LogP contribution >= 0.6 is 0 Å². The molecular formula is C16H20N6O. The summed E-state index contributed by atoms with van der Waals surface area (Å²) in [4.78, 5) is 31.1. The second-order valence-electron chi connectivity index (χ2n) is 5.59. The van der Waals surface area contributed by atoms with E-state index in [1.165, 1.54) is 12.4 Å². The first kappa shape index (κ1) is 15.3. The molecular weight excluding hydrogens is 292 g/mol. The summed E-state index contributed by atoms with van der Waals surface area (Å²) in [5, 5.41) is 3.02. The number of carbonyl (C=O) groups is 1. The fraction of sp³-hybridized carbons (Fsp3) is 0.438. The molecule has 0 bridgehead atoms. The Labute approximate surface area is 135 Å². The van der Waals surface area contributed by atoms with Crippen LogP contribution in [-0.2, 0) is 6.42 Å².